The number of piperidine rings is 1. The topological polar surface area (TPSA) is 107 Å². The molecule has 3 aromatic rings. The van der Waals surface area contributed by atoms with Crippen LogP contribution in [0.25, 0.3) is 11.3 Å². The molecule has 1 aromatic carbocycles. The van der Waals surface area contributed by atoms with E-state index in [1.54, 1.807) is 24.5 Å². The number of benzene rings is 1. The number of H-pyrrole nitrogens is 1. The Kier molecular flexibility index (Phi) is 7.87. The molecule has 2 aromatic heterocycles. The number of aliphatic hydroxyl groups excluding tert-OH is 1. The highest BCUT2D eigenvalue weighted by Gasteiger charge is 2.23. The lowest BCUT2D eigenvalue weighted by Crippen LogP contribution is -2.38. The molecule has 182 valence electrons. The van der Waals surface area contributed by atoms with Crippen molar-refractivity contribution >= 4 is 23.0 Å². The molecule has 0 atom stereocenters. The zero-order valence-electron chi connectivity index (χ0n) is 19.8. The van der Waals surface area contributed by atoms with Gasteiger partial charge in [0.1, 0.15) is 5.76 Å². The number of furan rings is 1. The van der Waals surface area contributed by atoms with Crippen LogP contribution in [0.2, 0.25) is 0 Å². The van der Waals surface area contributed by atoms with Gasteiger partial charge in [0.15, 0.2) is 5.76 Å². The second-order valence-electron chi connectivity index (χ2n) is 8.12. The molecule has 0 aliphatic carbocycles. The molecule has 0 saturated carbocycles. The van der Waals surface area contributed by atoms with E-state index >= 15 is 0 Å². The predicted octanol–water partition coefficient (Wildman–Crippen LogP) is 3.75. The molecule has 9 nitrogen and oxygen atoms in total. The minimum atomic E-state index is -0.308. The molecule has 0 unspecified atom stereocenters. The summed E-state index contributed by atoms with van der Waals surface area (Å²) >= 11 is 0. The van der Waals surface area contributed by atoms with Crippen LogP contribution in [0.15, 0.2) is 47.1 Å². The summed E-state index contributed by atoms with van der Waals surface area (Å²) in [5, 5.41) is 19.6. The molecule has 3 N–H and O–H groups in total. The first-order valence-electron chi connectivity index (χ1n) is 12.0. The number of carbonyl (C=O) groups is 1. The molecule has 2 saturated heterocycles. The number of morpholine rings is 1. The van der Waals surface area contributed by atoms with Gasteiger partial charge in [0, 0.05) is 38.1 Å². The maximum Gasteiger partial charge on any atom is 0.291 e. The summed E-state index contributed by atoms with van der Waals surface area (Å²) in [6.07, 6.45) is 4.51. The average molecular weight is 468 g/mol. The van der Waals surface area contributed by atoms with Crippen LogP contribution in [-0.2, 0) is 4.74 Å². The number of amides is 1. The number of carbonyl (C=O) groups excluding carboxylic acids is 1. The van der Waals surface area contributed by atoms with Gasteiger partial charge < -0.3 is 29.4 Å². The zero-order valence-corrected chi connectivity index (χ0v) is 19.8. The Morgan fingerprint density at radius 3 is 2.56 bits per heavy atom. The fourth-order valence-corrected chi connectivity index (χ4v) is 4.20. The Bertz CT molecular complexity index is 1050. The van der Waals surface area contributed by atoms with E-state index < -0.39 is 0 Å². The predicted molar refractivity (Wildman–Crippen MR) is 133 cm³/mol. The van der Waals surface area contributed by atoms with E-state index in [1.807, 2.05) is 26.0 Å². The second kappa shape index (κ2) is 11.2. The van der Waals surface area contributed by atoms with Crippen LogP contribution in [0.4, 0.5) is 17.1 Å². The smallest absolute Gasteiger partial charge is 0.291 e. The summed E-state index contributed by atoms with van der Waals surface area (Å²) in [6.45, 7) is 8.58. The normalized spacial score (nSPS) is 16.7. The number of hydrogen-bond acceptors (Lipinski definition) is 7. The molecule has 2 aliphatic heterocycles. The Morgan fingerprint density at radius 2 is 1.85 bits per heavy atom. The first-order chi connectivity index (χ1) is 16.7. The lowest BCUT2D eigenvalue weighted by molar-refractivity contribution is 0.0997. The van der Waals surface area contributed by atoms with Gasteiger partial charge in [-0.1, -0.05) is 13.8 Å². The Labute approximate surface area is 199 Å². The van der Waals surface area contributed by atoms with E-state index in [2.05, 4.69) is 31.4 Å². The van der Waals surface area contributed by atoms with Gasteiger partial charge in [0.25, 0.3) is 5.91 Å². The quantitative estimate of drug-likeness (QED) is 0.525. The molecular formula is C25H33N5O4. The van der Waals surface area contributed by atoms with E-state index in [0.717, 1.165) is 48.8 Å². The minimum absolute atomic E-state index is 0.235. The standard InChI is InChI=1S/C23H27N5O4.C2H6/c29-18-5-7-28(8-6-18)20-13-17(27-9-11-31-12-10-27)1-2-19(20)26-23(30)22-4-3-21(32-22)16-14-24-25-15-16;1-2/h1-4,13-15,18,29H,5-12H2,(H,24,25)(H,26,30);1-2H3. The summed E-state index contributed by atoms with van der Waals surface area (Å²) in [5.74, 6) is 0.507. The third-order valence-electron chi connectivity index (χ3n) is 6.02. The molecule has 9 heteroatoms. The van der Waals surface area contributed by atoms with Crippen LogP contribution in [0.1, 0.15) is 37.2 Å². The summed E-state index contributed by atoms with van der Waals surface area (Å²) in [5.41, 5.74) is 3.57. The van der Waals surface area contributed by atoms with Gasteiger partial charge in [0.2, 0.25) is 0 Å². The van der Waals surface area contributed by atoms with Crippen molar-refractivity contribution in [2.75, 3.05) is 54.5 Å². The van der Waals surface area contributed by atoms with Crippen molar-refractivity contribution in [3.8, 4) is 11.3 Å². The van der Waals surface area contributed by atoms with Crippen LogP contribution in [0.3, 0.4) is 0 Å². The number of nitrogens with zero attached hydrogens (tertiary/aromatic N) is 3. The Hall–Kier alpha value is -3.30. The summed E-state index contributed by atoms with van der Waals surface area (Å²) in [6, 6.07) is 9.52. The van der Waals surface area contributed by atoms with E-state index in [0.29, 0.717) is 31.8 Å². The lowest BCUT2D eigenvalue weighted by atomic mass is 10.1. The van der Waals surface area contributed by atoms with E-state index in [9.17, 15) is 9.90 Å². The molecule has 5 rings (SSSR count). The summed E-state index contributed by atoms with van der Waals surface area (Å²) in [7, 11) is 0. The maximum atomic E-state index is 13.0. The molecule has 0 spiro atoms. The van der Waals surface area contributed by atoms with Gasteiger partial charge in [-0.2, -0.15) is 5.10 Å². The van der Waals surface area contributed by atoms with Crippen molar-refractivity contribution in [3.63, 3.8) is 0 Å². The number of rotatable bonds is 5. The summed E-state index contributed by atoms with van der Waals surface area (Å²) < 4.78 is 11.2. The SMILES string of the molecule is CC.O=C(Nc1ccc(N2CCOCC2)cc1N1CCC(O)CC1)c1ccc(-c2cn[nH]c2)o1. The molecule has 4 heterocycles. The number of aliphatic hydroxyl groups is 1. The van der Waals surface area contributed by atoms with Crippen molar-refractivity contribution < 1.29 is 19.1 Å². The molecule has 0 radical (unpaired) electrons. The highest BCUT2D eigenvalue weighted by Crippen LogP contribution is 2.34. The number of hydrogen-bond donors (Lipinski definition) is 3. The van der Waals surface area contributed by atoms with Gasteiger partial charge in [-0.25, -0.2) is 0 Å². The fraction of sp³-hybridized carbons (Fsp3) is 0.440. The van der Waals surface area contributed by atoms with Crippen LogP contribution >= 0.6 is 0 Å². The fourth-order valence-electron chi connectivity index (χ4n) is 4.20. The molecule has 0 bridgehead atoms. The van der Waals surface area contributed by atoms with Crippen LogP contribution in [-0.4, -0.2) is 66.7 Å². The van der Waals surface area contributed by atoms with Crippen molar-refractivity contribution in [3.05, 3.63) is 48.5 Å². The molecule has 1 amide bonds. The van der Waals surface area contributed by atoms with Gasteiger partial charge in [-0.15, -0.1) is 0 Å². The Balaban J connectivity index is 0.00000133. The second-order valence-corrected chi connectivity index (χ2v) is 8.12. The van der Waals surface area contributed by atoms with E-state index in [-0.39, 0.29) is 17.8 Å². The van der Waals surface area contributed by atoms with E-state index in [4.69, 9.17) is 9.15 Å². The highest BCUT2D eigenvalue weighted by molar-refractivity contribution is 6.04. The average Bonchev–Trinajstić information content (AvgIpc) is 3.59. The molecule has 34 heavy (non-hydrogen) atoms. The number of aromatic amines is 1. The van der Waals surface area contributed by atoms with Crippen molar-refractivity contribution in [1.29, 1.82) is 0 Å². The first kappa shape index (κ1) is 23.8. The van der Waals surface area contributed by atoms with Crippen LogP contribution in [0, 0.1) is 0 Å². The molecule has 2 fully saturated rings. The highest BCUT2D eigenvalue weighted by atomic mass is 16.5. The van der Waals surface area contributed by atoms with Crippen molar-refractivity contribution in [2.45, 2.75) is 32.8 Å². The lowest BCUT2D eigenvalue weighted by Gasteiger charge is -2.35. The number of anilines is 3. The molecular weight excluding hydrogens is 434 g/mol. The largest absolute Gasteiger partial charge is 0.451 e. The van der Waals surface area contributed by atoms with Crippen molar-refractivity contribution in [1.82, 2.24) is 10.2 Å². The first-order valence-corrected chi connectivity index (χ1v) is 12.0. The zero-order chi connectivity index (χ0) is 23.9. The van der Waals surface area contributed by atoms with Crippen LogP contribution < -0.4 is 15.1 Å². The molecule has 2 aliphatic rings. The third kappa shape index (κ3) is 5.43. The van der Waals surface area contributed by atoms with Gasteiger partial charge in [-0.05, 0) is 43.2 Å². The maximum absolute atomic E-state index is 13.0. The van der Waals surface area contributed by atoms with Gasteiger partial charge in [-0.3, -0.25) is 9.89 Å². The number of nitrogens with one attached hydrogen (secondary N) is 2. The third-order valence-corrected chi connectivity index (χ3v) is 6.02. The number of ether oxygens (including phenoxy) is 1. The Morgan fingerprint density at radius 1 is 1.09 bits per heavy atom. The van der Waals surface area contributed by atoms with E-state index in [1.165, 1.54) is 0 Å². The van der Waals surface area contributed by atoms with Crippen molar-refractivity contribution in [2.24, 2.45) is 0 Å². The minimum Gasteiger partial charge on any atom is -0.451 e. The van der Waals surface area contributed by atoms with Gasteiger partial charge >= 0.3 is 0 Å². The van der Waals surface area contributed by atoms with Crippen LogP contribution in [0.5, 0.6) is 0 Å². The number of aromatic nitrogens is 2. The van der Waals surface area contributed by atoms with Gasteiger partial charge in [0.05, 0.1) is 42.5 Å². The monoisotopic (exact) mass is 467 g/mol. The summed E-state index contributed by atoms with van der Waals surface area (Å²) in [4.78, 5) is 17.5.